The maximum atomic E-state index is 11.6. The molecule has 0 bridgehead atoms. The summed E-state index contributed by atoms with van der Waals surface area (Å²) in [5.41, 5.74) is 2.67. The van der Waals surface area contributed by atoms with Gasteiger partial charge in [0.1, 0.15) is 5.75 Å². The first-order chi connectivity index (χ1) is 19.9. The summed E-state index contributed by atoms with van der Waals surface area (Å²) in [6.45, 7) is 4.07. The summed E-state index contributed by atoms with van der Waals surface area (Å²) in [7, 11) is -2.36. The molecule has 1 aliphatic heterocycles. The van der Waals surface area contributed by atoms with Crippen LogP contribution in [-0.2, 0) is 21.2 Å². The Morgan fingerprint density at radius 2 is 1.93 bits per heavy atom. The monoisotopic (exact) mass is 593 g/mol. The van der Waals surface area contributed by atoms with E-state index in [1.54, 1.807) is 17.4 Å². The molecule has 9 nitrogen and oxygen atoms in total. The molecule has 3 aromatic rings. The van der Waals surface area contributed by atoms with Crippen LogP contribution in [-0.4, -0.2) is 65.4 Å². The Morgan fingerprint density at radius 3 is 2.63 bits per heavy atom. The molecule has 1 saturated carbocycles. The van der Waals surface area contributed by atoms with E-state index in [0.717, 1.165) is 65.4 Å². The first-order valence-electron chi connectivity index (χ1n) is 13.8. The summed E-state index contributed by atoms with van der Waals surface area (Å²) in [6, 6.07) is 14.0. The van der Waals surface area contributed by atoms with E-state index in [1.165, 1.54) is 32.1 Å². The van der Waals surface area contributed by atoms with Gasteiger partial charge in [0.2, 0.25) is 10.0 Å². The molecule has 11 heteroatoms. The van der Waals surface area contributed by atoms with Crippen LogP contribution in [0.5, 0.6) is 5.75 Å². The Kier molecular flexibility index (Phi) is 9.33. The third-order valence-electron chi connectivity index (χ3n) is 7.76. The molecular weight excluding hydrogens is 558 g/mol. The molecule has 0 amide bonds. The van der Waals surface area contributed by atoms with Gasteiger partial charge in [0, 0.05) is 42.2 Å². The number of sulfonamides is 1. The van der Waals surface area contributed by atoms with Crippen molar-refractivity contribution in [3.8, 4) is 23.7 Å². The van der Waals surface area contributed by atoms with Gasteiger partial charge in [0.15, 0.2) is 0 Å². The van der Waals surface area contributed by atoms with Gasteiger partial charge in [0.05, 0.1) is 65.2 Å². The fourth-order valence-corrected chi connectivity index (χ4v) is 7.35. The lowest BCUT2D eigenvalue weighted by atomic mass is 9.89. The summed E-state index contributed by atoms with van der Waals surface area (Å²) in [6.07, 6.45) is 4.94. The predicted octanol–water partition coefficient (Wildman–Crippen LogP) is 4.14. The van der Waals surface area contributed by atoms with Crippen LogP contribution in [0.3, 0.4) is 0 Å². The largest absolute Gasteiger partial charge is 0.495 e. The maximum Gasteiger partial charge on any atom is 0.238 e. The molecule has 0 unspecified atom stereocenters. The molecule has 2 aliphatic rings. The number of nitrogens with one attached hydrogen (secondary N) is 2. The van der Waals surface area contributed by atoms with E-state index in [1.807, 2.05) is 6.07 Å². The minimum atomic E-state index is -3.83. The molecule has 5 rings (SSSR count). The Hall–Kier alpha value is -3.32. The van der Waals surface area contributed by atoms with Gasteiger partial charge in [-0.25, -0.2) is 13.6 Å². The Labute approximate surface area is 245 Å². The summed E-state index contributed by atoms with van der Waals surface area (Å²) in [4.78, 5) is 3.45. The van der Waals surface area contributed by atoms with Gasteiger partial charge >= 0.3 is 0 Å². The second-order valence-electron chi connectivity index (χ2n) is 10.3. The van der Waals surface area contributed by atoms with Crippen LogP contribution in [0.15, 0.2) is 41.3 Å². The number of ether oxygens (including phenoxy) is 2. The Balaban J connectivity index is 1.29. The highest BCUT2D eigenvalue weighted by Gasteiger charge is 2.27. The third kappa shape index (κ3) is 6.95. The SMILES string of the molecule is COc1cc(S(N)(=O)=O)ccc1NCC#Cc1sc2c(NC3CCC(N4CCOCC4)CC3)cccc2c1CC#N. The van der Waals surface area contributed by atoms with E-state index in [4.69, 9.17) is 14.6 Å². The van der Waals surface area contributed by atoms with Crippen molar-refractivity contribution in [2.75, 3.05) is 50.6 Å². The van der Waals surface area contributed by atoms with Crippen molar-refractivity contribution in [1.82, 2.24) is 4.90 Å². The van der Waals surface area contributed by atoms with Crippen molar-refractivity contribution in [2.45, 2.75) is 49.1 Å². The number of nitrogens with zero attached hydrogens (tertiary/aromatic N) is 2. The summed E-state index contributed by atoms with van der Waals surface area (Å²) < 4.78 is 35.3. The van der Waals surface area contributed by atoms with Crippen LogP contribution in [0.4, 0.5) is 11.4 Å². The van der Waals surface area contributed by atoms with E-state index in [2.05, 4.69) is 45.6 Å². The lowest BCUT2D eigenvalue weighted by molar-refractivity contribution is 0.00791. The van der Waals surface area contributed by atoms with Crippen molar-refractivity contribution in [3.05, 3.63) is 46.8 Å². The number of nitriles is 1. The van der Waals surface area contributed by atoms with Gasteiger partial charge in [-0.1, -0.05) is 24.0 Å². The van der Waals surface area contributed by atoms with Crippen LogP contribution in [0.1, 0.15) is 36.1 Å². The topological polar surface area (TPSA) is 130 Å². The minimum absolute atomic E-state index is 0.0213. The van der Waals surface area contributed by atoms with E-state index >= 15 is 0 Å². The molecule has 0 atom stereocenters. The molecular formula is C30H35N5O4S2. The minimum Gasteiger partial charge on any atom is -0.495 e. The fourth-order valence-electron chi connectivity index (χ4n) is 5.65. The number of rotatable bonds is 8. The van der Waals surface area contributed by atoms with Crippen molar-refractivity contribution < 1.29 is 17.9 Å². The quantitative estimate of drug-likeness (QED) is 0.333. The smallest absolute Gasteiger partial charge is 0.238 e. The second-order valence-corrected chi connectivity index (χ2v) is 12.9. The average molecular weight is 594 g/mol. The molecule has 4 N–H and O–H groups in total. The zero-order valence-electron chi connectivity index (χ0n) is 23.1. The van der Waals surface area contributed by atoms with Gasteiger partial charge in [-0.05, 0) is 43.9 Å². The molecule has 0 radical (unpaired) electrons. The number of nitrogens with two attached hydrogens (primary N) is 1. The number of hydrogen-bond acceptors (Lipinski definition) is 9. The predicted molar refractivity (Wildman–Crippen MR) is 163 cm³/mol. The summed E-state index contributed by atoms with van der Waals surface area (Å²) >= 11 is 1.62. The number of morpholine rings is 1. The molecule has 2 heterocycles. The highest BCUT2D eigenvalue weighted by molar-refractivity contribution is 7.89. The van der Waals surface area contributed by atoms with Crippen LogP contribution >= 0.6 is 11.3 Å². The van der Waals surface area contributed by atoms with Gasteiger partial charge < -0.3 is 20.1 Å². The number of thiophene rings is 1. The molecule has 1 aliphatic carbocycles. The van der Waals surface area contributed by atoms with Gasteiger partial charge in [-0.15, -0.1) is 11.3 Å². The number of benzene rings is 2. The standard InChI is InChI=1S/C30H35N5O4S2/c1-38-28-20-23(41(32,36)37)11-12-26(28)33-15-3-6-29-24(13-14-31)25-4-2-5-27(30(25)40-29)34-21-7-9-22(10-8-21)35-16-18-39-19-17-35/h2,4-5,11-12,20-22,33-34H,7-10,13,15-19H2,1H3,(H2,32,36,37). The van der Waals surface area contributed by atoms with Gasteiger partial charge in [-0.2, -0.15) is 5.26 Å². The van der Waals surface area contributed by atoms with Crippen molar-refractivity contribution >= 4 is 42.8 Å². The zero-order chi connectivity index (χ0) is 28.8. The molecule has 1 saturated heterocycles. The normalized spacial score (nSPS) is 19.6. The molecule has 2 aromatic carbocycles. The summed E-state index contributed by atoms with van der Waals surface area (Å²) in [5.74, 6) is 6.77. The lowest BCUT2D eigenvalue weighted by Gasteiger charge is -2.39. The Bertz CT molecular complexity index is 1590. The maximum absolute atomic E-state index is 11.6. The van der Waals surface area contributed by atoms with Crippen LogP contribution in [0.2, 0.25) is 0 Å². The van der Waals surface area contributed by atoms with Crippen LogP contribution < -0.4 is 20.5 Å². The van der Waals surface area contributed by atoms with E-state index in [-0.39, 0.29) is 11.3 Å². The highest BCUT2D eigenvalue weighted by atomic mass is 32.2. The van der Waals surface area contributed by atoms with Crippen LogP contribution in [0.25, 0.3) is 10.1 Å². The molecule has 1 aromatic heterocycles. The van der Waals surface area contributed by atoms with E-state index < -0.39 is 10.0 Å². The number of fused-ring (bicyclic) bond motifs is 1. The number of primary sulfonamides is 1. The number of hydrogen-bond donors (Lipinski definition) is 3. The van der Waals surface area contributed by atoms with E-state index in [9.17, 15) is 13.7 Å². The number of anilines is 2. The number of methoxy groups -OCH3 is 1. The Morgan fingerprint density at radius 1 is 1.15 bits per heavy atom. The third-order valence-corrected chi connectivity index (χ3v) is 9.87. The molecule has 2 fully saturated rings. The lowest BCUT2D eigenvalue weighted by Crippen LogP contribution is -2.46. The fraction of sp³-hybridized carbons (Fsp3) is 0.433. The van der Waals surface area contributed by atoms with Crippen molar-refractivity contribution in [1.29, 1.82) is 5.26 Å². The second kappa shape index (κ2) is 13.1. The average Bonchev–Trinajstić information content (AvgIpc) is 3.34. The highest BCUT2D eigenvalue weighted by Crippen LogP contribution is 2.38. The zero-order valence-corrected chi connectivity index (χ0v) is 24.7. The van der Waals surface area contributed by atoms with Crippen molar-refractivity contribution in [3.63, 3.8) is 0 Å². The first-order valence-corrected chi connectivity index (χ1v) is 16.2. The molecule has 41 heavy (non-hydrogen) atoms. The molecule has 216 valence electrons. The van der Waals surface area contributed by atoms with E-state index in [0.29, 0.717) is 30.1 Å². The van der Waals surface area contributed by atoms with Crippen LogP contribution in [0, 0.1) is 23.2 Å². The van der Waals surface area contributed by atoms with Gasteiger partial charge in [-0.3, -0.25) is 4.90 Å². The summed E-state index contributed by atoms with van der Waals surface area (Å²) in [5, 5.41) is 22.8. The first kappa shape index (κ1) is 29.2. The van der Waals surface area contributed by atoms with Gasteiger partial charge in [0.25, 0.3) is 0 Å². The van der Waals surface area contributed by atoms with Crippen molar-refractivity contribution in [2.24, 2.45) is 5.14 Å². The molecule has 0 spiro atoms.